The number of esters is 1. The van der Waals surface area contributed by atoms with Gasteiger partial charge < -0.3 is 9.29 Å². The Hall–Kier alpha value is -1.30. The van der Waals surface area contributed by atoms with E-state index in [1.807, 2.05) is 0 Å². The van der Waals surface area contributed by atoms with Crippen LogP contribution in [0.1, 0.15) is 19.3 Å². The molecule has 3 saturated carbocycles. The zero-order chi connectivity index (χ0) is 18.9. The molecule has 6 nitrogen and oxygen atoms in total. The summed E-state index contributed by atoms with van der Waals surface area (Å²) in [5, 5.41) is -5.87. The Bertz CT molecular complexity index is 715. The van der Waals surface area contributed by atoms with Gasteiger partial charge in [-0.25, -0.2) is 8.42 Å². The van der Waals surface area contributed by atoms with Crippen molar-refractivity contribution >= 4 is 21.9 Å². The van der Waals surface area contributed by atoms with Gasteiger partial charge in [0.2, 0.25) is 0 Å². The van der Waals surface area contributed by atoms with Crippen LogP contribution in [0.15, 0.2) is 0 Å². The molecule has 142 valence electrons. The summed E-state index contributed by atoms with van der Waals surface area (Å²) in [4.78, 5) is 24.0. The van der Waals surface area contributed by atoms with Gasteiger partial charge >= 0.3 is 17.4 Å². The minimum atomic E-state index is -6.73. The van der Waals surface area contributed by atoms with E-state index in [0.717, 1.165) is 0 Å². The fraction of sp³-hybridized carbons (Fsp3) is 0.846. The number of carbonyl (C=O) groups excluding carboxylic acids is 2. The summed E-state index contributed by atoms with van der Waals surface area (Å²) in [5.74, 6) is -4.86. The standard InChI is InChI=1S/C13H13F5O6S/c14-12(15,16)11(13(17,18)25(21,22)23)24-10(20)8-5-1-4-3-7(19)9(8)6(4)2-5/h4-6,8-9,11H,1-3H2,(H,21,22,23)/p-1. The van der Waals surface area contributed by atoms with Gasteiger partial charge in [-0.15, -0.1) is 0 Å². The number of ether oxygens (including phenoxy) is 1. The van der Waals surface area contributed by atoms with Gasteiger partial charge in [-0.05, 0) is 30.6 Å². The van der Waals surface area contributed by atoms with Crippen molar-refractivity contribution in [3.63, 3.8) is 0 Å². The number of ketones is 1. The molecule has 0 heterocycles. The van der Waals surface area contributed by atoms with Gasteiger partial charge in [0.05, 0.1) is 5.92 Å². The molecule has 0 N–H and O–H groups in total. The summed E-state index contributed by atoms with van der Waals surface area (Å²) in [6, 6.07) is 0. The van der Waals surface area contributed by atoms with Crippen LogP contribution in [0.2, 0.25) is 0 Å². The second-order valence-electron chi connectivity index (χ2n) is 6.75. The van der Waals surface area contributed by atoms with Crippen molar-refractivity contribution in [3.8, 4) is 0 Å². The van der Waals surface area contributed by atoms with E-state index in [0.29, 0.717) is 12.8 Å². The first-order valence-corrected chi connectivity index (χ1v) is 8.79. The zero-order valence-corrected chi connectivity index (χ0v) is 13.1. The molecule has 0 aliphatic heterocycles. The van der Waals surface area contributed by atoms with Gasteiger partial charge in [-0.1, -0.05) is 0 Å². The van der Waals surface area contributed by atoms with Crippen molar-refractivity contribution in [2.24, 2.45) is 29.6 Å². The molecule has 25 heavy (non-hydrogen) atoms. The lowest BCUT2D eigenvalue weighted by molar-refractivity contribution is -0.261. The van der Waals surface area contributed by atoms with Gasteiger partial charge in [0.1, 0.15) is 5.78 Å². The van der Waals surface area contributed by atoms with E-state index in [1.54, 1.807) is 0 Å². The van der Waals surface area contributed by atoms with Crippen molar-refractivity contribution < 1.29 is 49.2 Å². The van der Waals surface area contributed by atoms with E-state index in [9.17, 15) is 44.5 Å². The molecule has 6 unspecified atom stereocenters. The third-order valence-electron chi connectivity index (χ3n) is 5.42. The van der Waals surface area contributed by atoms with Gasteiger partial charge in [-0.3, -0.25) is 9.59 Å². The fourth-order valence-corrected chi connectivity index (χ4v) is 5.00. The predicted molar refractivity (Wildman–Crippen MR) is 66.9 cm³/mol. The minimum Gasteiger partial charge on any atom is -0.743 e. The highest BCUT2D eigenvalue weighted by Crippen LogP contribution is 2.61. The van der Waals surface area contributed by atoms with Crippen LogP contribution >= 0.6 is 0 Å². The highest BCUT2D eigenvalue weighted by molar-refractivity contribution is 7.86. The Kier molecular flexibility index (Phi) is 3.96. The van der Waals surface area contributed by atoms with E-state index >= 15 is 0 Å². The van der Waals surface area contributed by atoms with E-state index < -0.39 is 51.4 Å². The molecule has 0 radical (unpaired) electrons. The fourth-order valence-electron chi connectivity index (χ4n) is 4.55. The first kappa shape index (κ1) is 18.5. The molecule has 0 saturated heterocycles. The molecule has 3 fully saturated rings. The molecular weight excluding hydrogens is 379 g/mol. The molecule has 2 bridgehead atoms. The Balaban J connectivity index is 1.86. The van der Waals surface area contributed by atoms with Crippen LogP contribution in [-0.4, -0.2) is 42.3 Å². The number of hydrogen-bond acceptors (Lipinski definition) is 6. The van der Waals surface area contributed by atoms with E-state index in [1.165, 1.54) is 0 Å². The van der Waals surface area contributed by atoms with E-state index in [4.69, 9.17) is 0 Å². The number of carbonyl (C=O) groups is 2. The minimum absolute atomic E-state index is 0.0356. The quantitative estimate of drug-likeness (QED) is 0.409. The lowest BCUT2D eigenvalue weighted by Crippen LogP contribution is -2.53. The monoisotopic (exact) mass is 391 g/mol. The van der Waals surface area contributed by atoms with Crippen LogP contribution in [0.5, 0.6) is 0 Å². The Labute approximate surface area is 138 Å². The summed E-state index contributed by atoms with van der Waals surface area (Å²) in [5.41, 5.74) is 0. The smallest absolute Gasteiger partial charge is 0.432 e. The second kappa shape index (κ2) is 5.35. The molecule has 0 amide bonds. The Morgan fingerprint density at radius 3 is 2.28 bits per heavy atom. The average Bonchev–Trinajstić information content (AvgIpc) is 3.02. The number of hydrogen-bond donors (Lipinski definition) is 0. The lowest BCUT2D eigenvalue weighted by atomic mass is 9.80. The molecular formula is C13H12F5O6S-. The average molecular weight is 391 g/mol. The highest BCUT2D eigenvalue weighted by atomic mass is 32.2. The largest absolute Gasteiger partial charge is 0.743 e. The molecule has 12 heteroatoms. The number of halogens is 5. The zero-order valence-electron chi connectivity index (χ0n) is 12.3. The third kappa shape index (κ3) is 2.73. The highest BCUT2D eigenvalue weighted by Gasteiger charge is 2.66. The van der Waals surface area contributed by atoms with Crippen LogP contribution in [0, 0.1) is 29.6 Å². The van der Waals surface area contributed by atoms with Gasteiger partial charge in [0, 0.05) is 12.3 Å². The van der Waals surface area contributed by atoms with Crippen molar-refractivity contribution in [1.29, 1.82) is 0 Å². The first-order valence-electron chi connectivity index (χ1n) is 7.38. The number of alkyl halides is 5. The Morgan fingerprint density at radius 2 is 1.76 bits per heavy atom. The third-order valence-corrected chi connectivity index (χ3v) is 6.30. The normalized spacial score (nSPS) is 35.9. The van der Waals surface area contributed by atoms with Gasteiger partial charge in [0.25, 0.3) is 6.10 Å². The molecule has 6 atom stereocenters. The number of Topliss-reactive ketones (excluding diaryl/α,β-unsaturated/α-hetero) is 1. The van der Waals surface area contributed by atoms with E-state index in [-0.39, 0.29) is 24.0 Å². The van der Waals surface area contributed by atoms with Crippen molar-refractivity contribution in [1.82, 2.24) is 0 Å². The number of fused-ring (bicyclic) bond motifs is 1. The summed E-state index contributed by atoms with van der Waals surface area (Å²) in [6.07, 6.45) is -9.39. The van der Waals surface area contributed by atoms with Gasteiger partial charge in [-0.2, -0.15) is 22.0 Å². The summed E-state index contributed by atoms with van der Waals surface area (Å²) < 4.78 is 101. The van der Waals surface area contributed by atoms with Crippen molar-refractivity contribution in [3.05, 3.63) is 0 Å². The molecule has 3 aliphatic rings. The maximum absolute atomic E-state index is 13.4. The molecule has 3 aliphatic carbocycles. The van der Waals surface area contributed by atoms with Crippen LogP contribution in [0.3, 0.4) is 0 Å². The molecule has 0 aromatic rings. The lowest BCUT2D eigenvalue weighted by Gasteiger charge is -2.32. The summed E-state index contributed by atoms with van der Waals surface area (Å²) in [7, 11) is -6.73. The predicted octanol–water partition coefficient (Wildman–Crippen LogP) is 1.46. The van der Waals surface area contributed by atoms with Crippen LogP contribution in [0.4, 0.5) is 22.0 Å². The van der Waals surface area contributed by atoms with Crippen LogP contribution < -0.4 is 0 Å². The second-order valence-corrected chi connectivity index (χ2v) is 8.20. The SMILES string of the molecule is O=C(OC(C(F)(F)F)C(F)(F)S(=O)(=O)[O-])C1C2CC3CC(=O)C1C3C2. The topological polar surface area (TPSA) is 101 Å². The summed E-state index contributed by atoms with van der Waals surface area (Å²) >= 11 is 0. The molecule has 0 aromatic heterocycles. The van der Waals surface area contributed by atoms with Crippen molar-refractivity contribution in [2.45, 2.75) is 36.8 Å². The molecule has 0 aromatic carbocycles. The molecule has 3 rings (SSSR count). The Morgan fingerprint density at radius 1 is 1.16 bits per heavy atom. The first-order chi connectivity index (χ1) is 11.2. The maximum atomic E-state index is 13.4. The molecule has 0 spiro atoms. The van der Waals surface area contributed by atoms with E-state index in [2.05, 4.69) is 4.74 Å². The number of rotatable bonds is 4. The maximum Gasteiger partial charge on any atom is 0.432 e. The van der Waals surface area contributed by atoms with Crippen LogP contribution in [0.25, 0.3) is 0 Å². The van der Waals surface area contributed by atoms with Crippen LogP contribution in [-0.2, 0) is 24.4 Å². The van der Waals surface area contributed by atoms with Gasteiger partial charge in [0.15, 0.2) is 10.1 Å². The van der Waals surface area contributed by atoms with Crippen molar-refractivity contribution in [2.75, 3.05) is 0 Å². The summed E-state index contributed by atoms with van der Waals surface area (Å²) in [6.45, 7) is 0.